The number of hydrogen-bond donors (Lipinski definition) is 14. The molecule has 0 spiro atoms. The molecule has 0 aromatic heterocycles. The average Bonchev–Trinajstić information content (AvgIpc) is 3.14. The van der Waals surface area contributed by atoms with E-state index in [1.165, 1.54) is 20.8 Å². The van der Waals surface area contributed by atoms with E-state index < -0.39 is 170 Å². The summed E-state index contributed by atoms with van der Waals surface area (Å²) in [6, 6.07) is -13.7. The van der Waals surface area contributed by atoms with E-state index in [4.69, 9.17) is 10.8 Å². The number of amides is 7. The molecule has 0 rings (SSSR count). The van der Waals surface area contributed by atoms with Crippen molar-refractivity contribution < 1.29 is 88.2 Å². The second-order valence-corrected chi connectivity index (χ2v) is 13.9. The van der Waals surface area contributed by atoms with Gasteiger partial charge in [-0.1, -0.05) is 34.1 Å². The largest absolute Gasteiger partial charge is 0.481 e. The highest BCUT2D eigenvalue weighted by atomic mass is 16.4. The van der Waals surface area contributed by atoms with Crippen molar-refractivity contribution in [3.63, 3.8) is 0 Å². The Morgan fingerprint density at radius 2 is 0.867 bits per heavy atom. The molecule has 0 unspecified atom stereocenters. The zero-order valence-electron chi connectivity index (χ0n) is 33.4. The molecule has 0 radical (unpaired) electrons. The fraction of sp³-hybridized carbons (Fsp3) is 0.647. The van der Waals surface area contributed by atoms with E-state index in [1.54, 1.807) is 6.92 Å². The van der Waals surface area contributed by atoms with Crippen molar-refractivity contribution in [2.45, 2.75) is 121 Å². The molecule has 0 aliphatic carbocycles. The lowest BCUT2D eigenvalue weighted by Gasteiger charge is -2.28. The van der Waals surface area contributed by atoms with Gasteiger partial charge < -0.3 is 73.6 Å². The summed E-state index contributed by atoms with van der Waals surface area (Å²) in [5.74, 6) is -17.4. The van der Waals surface area contributed by atoms with Crippen LogP contribution in [0.4, 0.5) is 0 Å². The molecule has 0 saturated carbocycles. The molecule has 60 heavy (non-hydrogen) atoms. The molecule has 7 amide bonds. The highest BCUT2D eigenvalue weighted by Gasteiger charge is 2.36. The molecule has 0 heterocycles. The number of aliphatic hydroxyl groups is 1. The summed E-state index contributed by atoms with van der Waals surface area (Å²) >= 11 is 0. The van der Waals surface area contributed by atoms with Crippen molar-refractivity contribution in [1.82, 2.24) is 37.2 Å². The van der Waals surface area contributed by atoms with Crippen LogP contribution in [-0.4, -0.2) is 157 Å². The monoisotopic (exact) mass is 862 g/mol. The topological polar surface area (TPSA) is 436 Å². The Morgan fingerprint density at radius 3 is 1.25 bits per heavy atom. The van der Waals surface area contributed by atoms with Gasteiger partial charge in [0.05, 0.1) is 31.9 Å². The van der Waals surface area contributed by atoms with Crippen LogP contribution in [0.3, 0.4) is 0 Å². The highest BCUT2D eigenvalue weighted by Crippen LogP contribution is 2.11. The van der Waals surface area contributed by atoms with E-state index in [-0.39, 0.29) is 6.42 Å². The van der Waals surface area contributed by atoms with Crippen LogP contribution in [0.1, 0.15) is 73.1 Å². The van der Waals surface area contributed by atoms with Gasteiger partial charge in [0.2, 0.25) is 41.4 Å². The fourth-order valence-electron chi connectivity index (χ4n) is 4.97. The smallest absolute Gasteiger partial charge is 0.326 e. The van der Waals surface area contributed by atoms with Crippen molar-refractivity contribution in [2.24, 2.45) is 17.6 Å². The number of carboxylic acids is 5. The lowest BCUT2D eigenvalue weighted by molar-refractivity contribution is -0.144. The standard InChI is InChI=1S/C34H54N8O18/c1-6-14(4)26(33(58)39-19(11-24(50)51)31(56)40-20(12-43)32(57)41-25(13(2)3)34(59)60)42-27(52)15(5)36-29(54)17(9-22(46)47)38-30(55)18(10-23(48)49)37-28(53)16(35)7-8-21(44)45/h13-20,25-26,43H,6-12,35H2,1-5H3,(H,36,54)(H,37,53)(H,38,55)(H,39,58)(H,40,56)(H,41,57)(H,42,52)(H,44,45)(H,46,47)(H,48,49)(H,50,51)(H,59,60)/t14-,15-,16-,17-,18-,19-,20-,25-,26-/m0/s1. The van der Waals surface area contributed by atoms with Gasteiger partial charge in [-0.3, -0.25) is 52.7 Å². The third-order valence-electron chi connectivity index (χ3n) is 8.63. The second-order valence-electron chi connectivity index (χ2n) is 13.9. The van der Waals surface area contributed by atoms with Crippen LogP contribution >= 0.6 is 0 Å². The number of nitrogens with one attached hydrogen (secondary N) is 7. The van der Waals surface area contributed by atoms with E-state index in [0.717, 1.165) is 6.92 Å². The number of rotatable bonds is 28. The lowest BCUT2D eigenvalue weighted by atomic mass is 9.97. The maximum absolute atomic E-state index is 13.5. The number of nitrogens with two attached hydrogens (primary N) is 1. The molecule has 0 aromatic rings. The van der Waals surface area contributed by atoms with Gasteiger partial charge in [0.15, 0.2) is 0 Å². The fourth-order valence-corrected chi connectivity index (χ4v) is 4.97. The minimum atomic E-state index is -1.99. The van der Waals surface area contributed by atoms with Gasteiger partial charge in [0.25, 0.3) is 0 Å². The summed E-state index contributed by atoms with van der Waals surface area (Å²) in [6.45, 7) is 6.04. The molecule has 26 nitrogen and oxygen atoms in total. The summed E-state index contributed by atoms with van der Waals surface area (Å²) in [5.41, 5.74) is 5.60. The summed E-state index contributed by atoms with van der Waals surface area (Å²) < 4.78 is 0. The van der Waals surface area contributed by atoms with Gasteiger partial charge in [-0.15, -0.1) is 0 Å². The third-order valence-corrected chi connectivity index (χ3v) is 8.63. The Labute approximate surface area is 342 Å². The minimum Gasteiger partial charge on any atom is -0.481 e. The zero-order chi connectivity index (χ0) is 46.6. The molecule has 0 bridgehead atoms. The van der Waals surface area contributed by atoms with Gasteiger partial charge in [-0.25, -0.2) is 4.79 Å². The first kappa shape index (κ1) is 53.6. The average molecular weight is 863 g/mol. The van der Waals surface area contributed by atoms with Crippen molar-refractivity contribution in [3.8, 4) is 0 Å². The van der Waals surface area contributed by atoms with Gasteiger partial charge in [-0.2, -0.15) is 0 Å². The Morgan fingerprint density at radius 1 is 0.483 bits per heavy atom. The van der Waals surface area contributed by atoms with Crippen molar-refractivity contribution in [3.05, 3.63) is 0 Å². The van der Waals surface area contributed by atoms with Gasteiger partial charge in [0, 0.05) is 6.42 Å². The number of carbonyl (C=O) groups is 12. The van der Waals surface area contributed by atoms with Crippen LogP contribution in [0.15, 0.2) is 0 Å². The number of aliphatic hydroxyl groups excluding tert-OH is 1. The molecule has 0 aromatic carbocycles. The Balaban J connectivity index is 6.10. The molecule has 0 aliphatic heterocycles. The van der Waals surface area contributed by atoms with Gasteiger partial charge in [-0.05, 0) is 25.2 Å². The zero-order valence-corrected chi connectivity index (χ0v) is 33.4. The molecule has 0 fully saturated rings. The first-order valence-corrected chi connectivity index (χ1v) is 18.3. The third kappa shape index (κ3) is 19.3. The van der Waals surface area contributed by atoms with Crippen LogP contribution < -0.4 is 43.0 Å². The van der Waals surface area contributed by atoms with E-state index >= 15 is 0 Å². The predicted octanol–water partition coefficient (Wildman–Crippen LogP) is -5.20. The predicted molar refractivity (Wildman–Crippen MR) is 200 cm³/mol. The molecule has 0 aliphatic rings. The maximum atomic E-state index is 13.5. The quantitative estimate of drug-likeness (QED) is 0.0349. The summed E-state index contributed by atoms with van der Waals surface area (Å²) in [6.07, 6.45) is -4.04. The summed E-state index contributed by atoms with van der Waals surface area (Å²) in [7, 11) is 0. The second kappa shape index (κ2) is 25.8. The highest BCUT2D eigenvalue weighted by molar-refractivity contribution is 5.99. The van der Waals surface area contributed by atoms with E-state index in [9.17, 15) is 83.1 Å². The Kier molecular flexibility index (Phi) is 23.1. The Hall–Kier alpha value is -6.44. The van der Waals surface area contributed by atoms with Crippen LogP contribution in [0.25, 0.3) is 0 Å². The molecular weight excluding hydrogens is 808 g/mol. The number of carboxylic acid groups (broad SMARTS) is 5. The number of hydrogen-bond acceptors (Lipinski definition) is 14. The van der Waals surface area contributed by atoms with E-state index in [0.29, 0.717) is 0 Å². The van der Waals surface area contributed by atoms with Gasteiger partial charge >= 0.3 is 29.8 Å². The van der Waals surface area contributed by atoms with Crippen molar-refractivity contribution in [1.29, 1.82) is 0 Å². The normalized spacial score (nSPS) is 15.4. The number of carbonyl (C=O) groups excluding carboxylic acids is 7. The van der Waals surface area contributed by atoms with Crippen LogP contribution in [0.5, 0.6) is 0 Å². The SMILES string of the molecule is CC[C@H](C)[C@H](NC(=O)[C@H](C)NC(=O)[C@H](CC(=O)O)NC(=O)[C@H](CC(=O)O)NC(=O)[C@@H](N)CCC(=O)O)C(=O)N[C@@H](CC(=O)O)C(=O)N[C@@H](CO)C(=O)N[C@H](C(=O)O)C(C)C. The first-order valence-electron chi connectivity index (χ1n) is 18.3. The minimum absolute atomic E-state index is 0.188. The van der Waals surface area contributed by atoms with Gasteiger partial charge in [0.1, 0.15) is 42.3 Å². The van der Waals surface area contributed by atoms with Crippen LogP contribution in [-0.2, 0) is 57.5 Å². The van der Waals surface area contributed by atoms with Crippen LogP contribution in [0.2, 0.25) is 0 Å². The molecular formula is C34H54N8O18. The van der Waals surface area contributed by atoms with E-state index in [2.05, 4.69) is 21.3 Å². The first-order chi connectivity index (χ1) is 27.7. The molecule has 338 valence electrons. The van der Waals surface area contributed by atoms with Crippen molar-refractivity contribution in [2.75, 3.05) is 6.61 Å². The molecule has 0 saturated heterocycles. The lowest BCUT2D eigenvalue weighted by Crippen LogP contribution is -2.61. The Bertz CT molecular complexity index is 1620. The molecule has 9 atom stereocenters. The maximum Gasteiger partial charge on any atom is 0.326 e. The number of aliphatic carboxylic acids is 5. The summed E-state index contributed by atoms with van der Waals surface area (Å²) in [4.78, 5) is 148. The van der Waals surface area contributed by atoms with Crippen molar-refractivity contribution >= 4 is 71.2 Å². The summed E-state index contributed by atoms with van der Waals surface area (Å²) in [5, 5.41) is 70.7. The van der Waals surface area contributed by atoms with Crippen LogP contribution in [0, 0.1) is 11.8 Å². The van der Waals surface area contributed by atoms with E-state index in [1.807, 2.05) is 16.0 Å². The molecule has 15 N–H and O–H groups in total. The molecule has 26 heteroatoms.